The average Bonchev–Trinajstić information content (AvgIpc) is 2.40. The summed E-state index contributed by atoms with van der Waals surface area (Å²) in [6.45, 7) is 10.0. The van der Waals surface area contributed by atoms with Gasteiger partial charge in [-0.1, -0.05) is 52.7 Å². The minimum Gasteiger partial charge on any atom is -0.310 e. The zero-order chi connectivity index (χ0) is 13.4. The molecule has 0 spiro atoms. The Morgan fingerprint density at radius 1 is 1.00 bits per heavy atom. The Kier molecular flexibility index (Phi) is 7.45. The predicted molar refractivity (Wildman–Crippen MR) is 83.3 cm³/mol. The lowest BCUT2D eigenvalue weighted by molar-refractivity contribution is 0.346. The Morgan fingerprint density at radius 2 is 1.61 bits per heavy atom. The zero-order valence-corrected chi connectivity index (χ0v) is 13.0. The molecular formula is C16H27NS. The van der Waals surface area contributed by atoms with Crippen molar-refractivity contribution < 1.29 is 0 Å². The molecule has 0 aliphatic rings. The van der Waals surface area contributed by atoms with Crippen molar-refractivity contribution in [2.24, 2.45) is 5.92 Å². The molecule has 0 amide bonds. The van der Waals surface area contributed by atoms with Crippen molar-refractivity contribution in [2.45, 2.75) is 51.5 Å². The van der Waals surface area contributed by atoms with Gasteiger partial charge in [-0.3, -0.25) is 0 Å². The Hall–Kier alpha value is -0.470. The SMILES string of the molecule is CCNC(c1ccc(SCC)cc1)C(CC)CC. The molecule has 1 unspecified atom stereocenters. The molecule has 0 fully saturated rings. The van der Waals surface area contributed by atoms with Gasteiger partial charge in [0.05, 0.1) is 0 Å². The normalized spacial score (nSPS) is 12.9. The second-order valence-electron chi connectivity index (χ2n) is 4.61. The summed E-state index contributed by atoms with van der Waals surface area (Å²) in [7, 11) is 0. The quantitative estimate of drug-likeness (QED) is 0.672. The third kappa shape index (κ3) is 4.33. The van der Waals surface area contributed by atoms with Crippen LogP contribution in [-0.2, 0) is 0 Å². The molecule has 1 rings (SSSR count). The number of rotatable bonds is 8. The highest BCUT2D eigenvalue weighted by molar-refractivity contribution is 7.99. The van der Waals surface area contributed by atoms with Crippen molar-refractivity contribution in [3.63, 3.8) is 0 Å². The molecule has 1 aromatic carbocycles. The van der Waals surface area contributed by atoms with Gasteiger partial charge in [-0.25, -0.2) is 0 Å². The number of nitrogens with one attached hydrogen (secondary N) is 1. The van der Waals surface area contributed by atoms with Crippen LogP contribution < -0.4 is 5.32 Å². The summed E-state index contributed by atoms with van der Waals surface area (Å²) in [6, 6.07) is 9.62. The number of hydrogen-bond acceptors (Lipinski definition) is 2. The first-order chi connectivity index (χ1) is 8.76. The van der Waals surface area contributed by atoms with Gasteiger partial charge in [-0.15, -0.1) is 11.8 Å². The van der Waals surface area contributed by atoms with Crippen molar-refractivity contribution in [1.82, 2.24) is 5.32 Å². The molecule has 0 saturated carbocycles. The van der Waals surface area contributed by atoms with Gasteiger partial charge < -0.3 is 5.32 Å². The third-order valence-corrected chi connectivity index (χ3v) is 4.39. The maximum absolute atomic E-state index is 3.65. The van der Waals surface area contributed by atoms with Crippen LogP contribution in [0.4, 0.5) is 0 Å². The lowest BCUT2D eigenvalue weighted by Gasteiger charge is -2.26. The third-order valence-electron chi connectivity index (χ3n) is 3.49. The molecule has 1 nitrogen and oxygen atoms in total. The van der Waals surface area contributed by atoms with E-state index in [-0.39, 0.29) is 0 Å². The van der Waals surface area contributed by atoms with Gasteiger partial charge in [0.15, 0.2) is 0 Å². The van der Waals surface area contributed by atoms with E-state index in [2.05, 4.69) is 57.3 Å². The van der Waals surface area contributed by atoms with E-state index < -0.39 is 0 Å². The van der Waals surface area contributed by atoms with E-state index in [4.69, 9.17) is 0 Å². The molecule has 0 heterocycles. The van der Waals surface area contributed by atoms with Crippen molar-refractivity contribution >= 4 is 11.8 Å². The topological polar surface area (TPSA) is 12.0 Å². The summed E-state index contributed by atoms with van der Waals surface area (Å²) >= 11 is 1.91. The van der Waals surface area contributed by atoms with Crippen molar-refractivity contribution in [2.75, 3.05) is 12.3 Å². The van der Waals surface area contributed by atoms with Crippen LogP contribution in [-0.4, -0.2) is 12.3 Å². The lowest BCUT2D eigenvalue weighted by atomic mass is 9.89. The van der Waals surface area contributed by atoms with Gasteiger partial charge in [0, 0.05) is 10.9 Å². The van der Waals surface area contributed by atoms with Gasteiger partial charge in [-0.2, -0.15) is 0 Å². The van der Waals surface area contributed by atoms with E-state index in [1.165, 1.54) is 23.3 Å². The van der Waals surface area contributed by atoms with Crippen molar-refractivity contribution in [3.8, 4) is 0 Å². The first kappa shape index (κ1) is 15.6. The molecule has 0 bridgehead atoms. The van der Waals surface area contributed by atoms with Crippen molar-refractivity contribution in [3.05, 3.63) is 29.8 Å². The Bertz CT molecular complexity index is 316. The van der Waals surface area contributed by atoms with E-state index >= 15 is 0 Å². The zero-order valence-electron chi connectivity index (χ0n) is 12.2. The smallest absolute Gasteiger partial charge is 0.0348 e. The van der Waals surface area contributed by atoms with Crippen LogP contribution in [0, 0.1) is 5.92 Å². The maximum Gasteiger partial charge on any atom is 0.0348 e. The minimum atomic E-state index is 0.505. The second-order valence-corrected chi connectivity index (χ2v) is 5.95. The summed E-state index contributed by atoms with van der Waals surface area (Å²) in [5, 5.41) is 3.65. The minimum absolute atomic E-state index is 0.505. The summed E-state index contributed by atoms with van der Waals surface area (Å²) < 4.78 is 0. The molecule has 0 saturated heterocycles. The molecule has 0 radical (unpaired) electrons. The largest absolute Gasteiger partial charge is 0.310 e. The highest BCUT2D eigenvalue weighted by Gasteiger charge is 2.19. The summed E-state index contributed by atoms with van der Waals surface area (Å²) in [5.74, 6) is 1.87. The Labute approximate surface area is 117 Å². The van der Waals surface area contributed by atoms with E-state index in [0.717, 1.165) is 18.2 Å². The fourth-order valence-electron chi connectivity index (χ4n) is 2.47. The van der Waals surface area contributed by atoms with Crippen LogP contribution in [0.1, 0.15) is 52.1 Å². The monoisotopic (exact) mass is 265 g/mol. The highest BCUT2D eigenvalue weighted by atomic mass is 32.2. The molecule has 18 heavy (non-hydrogen) atoms. The number of hydrogen-bond donors (Lipinski definition) is 1. The predicted octanol–water partition coefficient (Wildman–Crippen LogP) is 4.89. The van der Waals surface area contributed by atoms with E-state index in [1.807, 2.05) is 11.8 Å². The van der Waals surface area contributed by atoms with Crippen LogP contribution in [0.3, 0.4) is 0 Å². The van der Waals surface area contributed by atoms with Gasteiger partial charge in [-0.05, 0) is 35.9 Å². The van der Waals surface area contributed by atoms with Crippen LogP contribution >= 0.6 is 11.8 Å². The van der Waals surface area contributed by atoms with Crippen LogP contribution in [0.15, 0.2) is 29.2 Å². The average molecular weight is 265 g/mol. The van der Waals surface area contributed by atoms with Gasteiger partial charge >= 0.3 is 0 Å². The molecule has 1 atom stereocenters. The molecule has 1 aromatic rings. The number of thioether (sulfide) groups is 1. The Morgan fingerprint density at radius 3 is 2.06 bits per heavy atom. The van der Waals surface area contributed by atoms with Crippen LogP contribution in [0.5, 0.6) is 0 Å². The lowest BCUT2D eigenvalue weighted by Crippen LogP contribution is -2.27. The van der Waals surface area contributed by atoms with Gasteiger partial charge in [0.2, 0.25) is 0 Å². The van der Waals surface area contributed by atoms with Crippen LogP contribution in [0.25, 0.3) is 0 Å². The maximum atomic E-state index is 3.65. The second kappa shape index (κ2) is 8.60. The molecule has 2 heteroatoms. The molecule has 0 aromatic heterocycles. The molecule has 102 valence electrons. The first-order valence-corrected chi connectivity index (χ1v) is 8.21. The van der Waals surface area contributed by atoms with Crippen molar-refractivity contribution in [1.29, 1.82) is 0 Å². The number of benzene rings is 1. The standard InChI is InChI=1S/C16H27NS/c1-5-13(6-2)16(17-7-3)14-9-11-15(12-10-14)18-8-4/h9-13,16-17H,5-8H2,1-4H3. The summed E-state index contributed by atoms with van der Waals surface area (Å²) in [5.41, 5.74) is 1.44. The van der Waals surface area contributed by atoms with Gasteiger partial charge in [0.25, 0.3) is 0 Å². The van der Waals surface area contributed by atoms with E-state index in [1.54, 1.807) is 0 Å². The fraction of sp³-hybridized carbons (Fsp3) is 0.625. The molecule has 1 N–H and O–H groups in total. The summed E-state index contributed by atoms with van der Waals surface area (Å²) in [4.78, 5) is 1.38. The molecule has 0 aliphatic carbocycles. The molecule has 0 aliphatic heterocycles. The first-order valence-electron chi connectivity index (χ1n) is 7.22. The van der Waals surface area contributed by atoms with Crippen LogP contribution in [0.2, 0.25) is 0 Å². The van der Waals surface area contributed by atoms with E-state index in [0.29, 0.717) is 6.04 Å². The molecular weight excluding hydrogens is 238 g/mol. The highest BCUT2D eigenvalue weighted by Crippen LogP contribution is 2.29. The Balaban J connectivity index is 2.84. The van der Waals surface area contributed by atoms with E-state index in [9.17, 15) is 0 Å². The fourth-order valence-corrected chi connectivity index (χ4v) is 3.14. The van der Waals surface area contributed by atoms with Gasteiger partial charge in [0.1, 0.15) is 0 Å². The summed E-state index contributed by atoms with van der Waals surface area (Å²) in [6.07, 6.45) is 2.47.